The molecule has 0 spiro atoms. The number of carbonyl (C=O) groups is 1. The summed E-state index contributed by atoms with van der Waals surface area (Å²) in [5, 5.41) is 4.08. The summed E-state index contributed by atoms with van der Waals surface area (Å²) in [6.07, 6.45) is 2.17. The van der Waals surface area contributed by atoms with Crippen molar-refractivity contribution in [2.45, 2.75) is 26.8 Å². The summed E-state index contributed by atoms with van der Waals surface area (Å²) in [5.74, 6) is 0.496. The van der Waals surface area contributed by atoms with E-state index in [2.05, 4.69) is 10.3 Å². The van der Waals surface area contributed by atoms with Crippen molar-refractivity contribution in [1.82, 2.24) is 9.55 Å². The molecule has 2 aromatic carbocycles. The monoisotopic (exact) mass is 467 g/mol. The molecule has 2 heterocycles. The van der Waals surface area contributed by atoms with Crippen LogP contribution in [0.2, 0.25) is 5.02 Å². The van der Waals surface area contributed by atoms with Gasteiger partial charge in [-0.1, -0.05) is 29.8 Å². The van der Waals surface area contributed by atoms with Crippen LogP contribution >= 0.6 is 22.9 Å². The molecular weight excluding hydrogens is 446 g/mol. The fourth-order valence-electron chi connectivity index (χ4n) is 3.38. The first-order valence-electron chi connectivity index (χ1n) is 10.2. The van der Waals surface area contributed by atoms with E-state index in [1.165, 1.54) is 17.7 Å². The van der Waals surface area contributed by atoms with Crippen molar-refractivity contribution in [1.29, 1.82) is 0 Å². The smallest absolute Gasteiger partial charge is 0.266 e. The Morgan fingerprint density at radius 1 is 1.16 bits per heavy atom. The molecule has 0 bridgehead atoms. The Bertz CT molecular complexity index is 1330. The highest BCUT2D eigenvalue weighted by atomic mass is 35.5. The van der Waals surface area contributed by atoms with E-state index in [-0.39, 0.29) is 11.5 Å². The van der Waals surface area contributed by atoms with E-state index in [9.17, 15) is 9.59 Å². The Labute approximate surface area is 194 Å². The van der Waals surface area contributed by atoms with E-state index in [0.29, 0.717) is 45.3 Å². The van der Waals surface area contributed by atoms with Gasteiger partial charge in [0.2, 0.25) is 0 Å². The van der Waals surface area contributed by atoms with Crippen LogP contribution in [0, 0.1) is 13.8 Å². The normalized spacial score (nSPS) is 11.0. The van der Waals surface area contributed by atoms with Gasteiger partial charge in [0.1, 0.15) is 10.6 Å². The number of aromatic nitrogens is 2. The number of thiophene rings is 1. The van der Waals surface area contributed by atoms with Crippen molar-refractivity contribution in [3.63, 3.8) is 0 Å². The van der Waals surface area contributed by atoms with Gasteiger partial charge in [-0.2, -0.15) is 0 Å². The van der Waals surface area contributed by atoms with Crippen LogP contribution in [-0.2, 0) is 6.54 Å². The van der Waals surface area contributed by atoms with Gasteiger partial charge in [0, 0.05) is 17.3 Å². The second-order valence-electron chi connectivity index (χ2n) is 7.40. The fourth-order valence-corrected chi connectivity index (χ4v) is 4.54. The number of aryl methyl sites for hydroxylation is 3. The van der Waals surface area contributed by atoms with E-state index in [0.717, 1.165) is 17.0 Å². The lowest BCUT2D eigenvalue weighted by Crippen LogP contribution is -2.21. The minimum absolute atomic E-state index is 0.148. The Hall–Kier alpha value is -3.16. The SMILES string of the molecule is Cc1ccccc1NC(=O)c1sc2ncn(CCCOc3ccc(Cl)cc3)c(=O)c2c1C. The molecule has 0 saturated carbocycles. The van der Waals surface area contributed by atoms with E-state index in [4.69, 9.17) is 16.3 Å². The van der Waals surface area contributed by atoms with Crippen molar-refractivity contribution in [2.75, 3.05) is 11.9 Å². The lowest BCUT2D eigenvalue weighted by atomic mass is 10.2. The summed E-state index contributed by atoms with van der Waals surface area (Å²) >= 11 is 7.11. The van der Waals surface area contributed by atoms with Crippen LogP contribution in [0.5, 0.6) is 5.75 Å². The number of halogens is 1. The maximum Gasteiger partial charge on any atom is 0.266 e. The Morgan fingerprint density at radius 3 is 2.66 bits per heavy atom. The van der Waals surface area contributed by atoms with Gasteiger partial charge >= 0.3 is 0 Å². The predicted molar refractivity (Wildman–Crippen MR) is 129 cm³/mol. The standard InChI is InChI=1S/C24H22ClN3O3S/c1-15-6-3-4-7-19(15)27-22(29)21-16(2)20-23(32-21)26-14-28(24(20)30)12-5-13-31-18-10-8-17(25)9-11-18/h3-4,6-11,14H,5,12-13H2,1-2H3,(H,27,29). The van der Waals surface area contributed by atoms with E-state index < -0.39 is 0 Å². The minimum Gasteiger partial charge on any atom is -0.494 e. The third-order valence-corrected chi connectivity index (χ3v) is 6.59. The Morgan fingerprint density at radius 2 is 1.91 bits per heavy atom. The number of hydrogen-bond donors (Lipinski definition) is 1. The van der Waals surface area contributed by atoms with Crippen LogP contribution in [0.15, 0.2) is 59.7 Å². The number of amides is 1. The van der Waals surface area contributed by atoms with Crippen molar-refractivity contribution in [2.24, 2.45) is 0 Å². The average Bonchev–Trinajstić information content (AvgIpc) is 3.12. The van der Waals surface area contributed by atoms with Crippen molar-refractivity contribution >= 4 is 44.7 Å². The number of nitrogens with one attached hydrogen (secondary N) is 1. The first-order valence-corrected chi connectivity index (χ1v) is 11.4. The zero-order chi connectivity index (χ0) is 22.7. The quantitative estimate of drug-likeness (QED) is 0.367. The number of benzene rings is 2. The number of rotatable bonds is 7. The topological polar surface area (TPSA) is 73.2 Å². The molecule has 164 valence electrons. The van der Waals surface area contributed by atoms with Crippen LogP contribution in [0.25, 0.3) is 10.2 Å². The molecule has 8 heteroatoms. The van der Waals surface area contributed by atoms with Crippen LogP contribution in [0.1, 0.15) is 27.2 Å². The Kier molecular flexibility index (Phi) is 6.58. The van der Waals surface area contributed by atoms with Crippen molar-refractivity contribution < 1.29 is 9.53 Å². The van der Waals surface area contributed by atoms with Gasteiger partial charge in [-0.05, 0) is 61.7 Å². The number of hydrogen-bond acceptors (Lipinski definition) is 5. The molecule has 4 aromatic rings. The maximum absolute atomic E-state index is 13.0. The zero-order valence-corrected chi connectivity index (χ0v) is 19.3. The highest BCUT2D eigenvalue weighted by Gasteiger charge is 2.20. The van der Waals surface area contributed by atoms with Crippen LogP contribution in [-0.4, -0.2) is 22.1 Å². The molecule has 0 aliphatic carbocycles. The number of carbonyl (C=O) groups excluding carboxylic acids is 1. The van der Waals surface area contributed by atoms with E-state index in [1.54, 1.807) is 35.8 Å². The second kappa shape index (κ2) is 9.54. The van der Waals surface area contributed by atoms with E-state index in [1.807, 2.05) is 31.2 Å². The van der Waals surface area contributed by atoms with Gasteiger partial charge in [-0.25, -0.2) is 4.98 Å². The maximum atomic E-state index is 13.0. The minimum atomic E-state index is -0.234. The molecule has 0 saturated heterocycles. The van der Waals surface area contributed by atoms with Gasteiger partial charge in [0.25, 0.3) is 11.5 Å². The Balaban J connectivity index is 1.48. The lowest BCUT2D eigenvalue weighted by molar-refractivity contribution is 0.103. The summed E-state index contributed by atoms with van der Waals surface area (Å²) < 4.78 is 7.26. The summed E-state index contributed by atoms with van der Waals surface area (Å²) in [4.78, 5) is 31.4. The molecular formula is C24H22ClN3O3S. The largest absolute Gasteiger partial charge is 0.494 e. The molecule has 0 aliphatic rings. The van der Waals surface area contributed by atoms with Crippen LogP contribution in [0.4, 0.5) is 5.69 Å². The van der Waals surface area contributed by atoms with Crippen LogP contribution in [0.3, 0.4) is 0 Å². The number of ether oxygens (including phenoxy) is 1. The van der Waals surface area contributed by atoms with Gasteiger partial charge in [-0.3, -0.25) is 14.2 Å². The van der Waals surface area contributed by atoms with Gasteiger partial charge in [-0.15, -0.1) is 11.3 Å². The number of nitrogens with zero attached hydrogens (tertiary/aromatic N) is 2. The highest BCUT2D eigenvalue weighted by molar-refractivity contribution is 7.20. The summed E-state index contributed by atoms with van der Waals surface area (Å²) in [5.41, 5.74) is 2.23. The first kappa shape index (κ1) is 22.0. The lowest BCUT2D eigenvalue weighted by Gasteiger charge is -2.08. The third kappa shape index (κ3) is 4.69. The average molecular weight is 468 g/mol. The molecule has 0 radical (unpaired) electrons. The summed E-state index contributed by atoms with van der Waals surface area (Å²) in [6, 6.07) is 14.7. The number of anilines is 1. The summed E-state index contributed by atoms with van der Waals surface area (Å²) in [6.45, 7) is 4.65. The molecule has 0 fully saturated rings. The predicted octanol–water partition coefficient (Wildman–Crippen LogP) is 5.45. The van der Waals surface area contributed by atoms with Crippen molar-refractivity contribution in [3.05, 3.63) is 86.2 Å². The third-order valence-electron chi connectivity index (χ3n) is 5.14. The van der Waals surface area contributed by atoms with Gasteiger partial charge in [0.05, 0.1) is 23.2 Å². The molecule has 0 atom stereocenters. The second-order valence-corrected chi connectivity index (χ2v) is 8.84. The highest BCUT2D eigenvalue weighted by Crippen LogP contribution is 2.28. The van der Waals surface area contributed by atoms with Gasteiger partial charge in [0.15, 0.2) is 0 Å². The molecule has 1 N–H and O–H groups in total. The van der Waals surface area contributed by atoms with E-state index >= 15 is 0 Å². The molecule has 1 amide bonds. The molecule has 0 unspecified atom stereocenters. The molecule has 6 nitrogen and oxygen atoms in total. The number of para-hydroxylation sites is 1. The molecule has 0 aliphatic heterocycles. The first-order chi connectivity index (χ1) is 15.4. The summed E-state index contributed by atoms with van der Waals surface area (Å²) in [7, 11) is 0. The van der Waals surface area contributed by atoms with Crippen molar-refractivity contribution in [3.8, 4) is 5.75 Å². The van der Waals surface area contributed by atoms with Gasteiger partial charge < -0.3 is 10.1 Å². The van der Waals surface area contributed by atoms with Crippen LogP contribution < -0.4 is 15.6 Å². The molecule has 4 rings (SSSR count). The molecule has 32 heavy (non-hydrogen) atoms. The zero-order valence-electron chi connectivity index (χ0n) is 17.7. The number of fused-ring (bicyclic) bond motifs is 1. The fraction of sp³-hybridized carbons (Fsp3) is 0.208. The molecule has 2 aromatic heterocycles.